The number of hydrogen-bond donors (Lipinski definition) is 0. The Labute approximate surface area is 123 Å². The summed E-state index contributed by atoms with van der Waals surface area (Å²) in [6, 6.07) is 0. The molecule has 0 radical (unpaired) electrons. The molecule has 6 heteroatoms. The Bertz CT molecular complexity index is 449. The molecular formula is C15H20O6. The SMILES string of the molecule is CC1=CCC(C(=O)OCC2CO2)C(C(=O)OCC2CO2)C1. The van der Waals surface area contributed by atoms with Crippen LogP contribution >= 0.6 is 0 Å². The summed E-state index contributed by atoms with van der Waals surface area (Å²) in [5, 5.41) is 0. The first-order valence-electron chi connectivity index (χ1n) is 7.35. The zero-order chi connectivity index (χ0) is 14.8. The molecule has 0 N–H and O–H groups in total. The molecule has 3 aliphatic rings. The molecule has 4 unspecified atom stereocenters. The molecule has 0 spiro atoms. The van der Waals surface area contributed by atoms with E-state index in [1.54, 1.807) is 0 Å². The smallest absolute Gasteiger partial charge is 0.310 e. The first-order valence-corrected chi connectivity index (χ1v) is 7.35. The number of carbonyl (C=O) groups excluding carboxylic acids is 2. The van der Waals surface area contributed by atoms with E-state index in [9.17, 15) is 9.59 Å². The Morgan fingerprint density at radius 2 is 1.62 bits per heavy atom. The maximum absolute atomic E-state index is 12.2. The van der Waals surface area contributed by atoms with E-state index in [0.717, 1.165) is 5.57 Å². The van der Waals surface area contributed by atoms with Gasteiger partial charge in [-0.05, 0) is 19.8 Å². The Hall–Kier alpha value is -1.40. The van der Waals surface area contributed by atoms with Gasteiger partial charge in [0.15, 0.2) is 0 Å². The lowest BCUT2D eigenvalue weighted by molar-refractivity contribution is -0.161. The molecule has 0 aromatic rings. The van der Waals surface area contributed by atoms with E-state index in [1.165, 1.54) is 0 Å². The minimum atomic E-state index is -0.458. The second-order valence-corrected chi connectivity index (χ2v) is 5.87. The maximum atomic E-state index is 12.2. The molecule has 0 bridgehead atoms. The fourth-order valence-corrected chi connectivity index (χ4v) is 2.47. The molecule has 21 heavy (non-hydrogen) atoms. The van der Waals surface area contributed by atoms with Crippen molar-refractivity contribution in [2.75, 3.05) is 26.4 Å². The third-order valence-corrected chi connectivity index (χ3v) is 3.98. The van der Waals surface area contributed by atoms with Gasteiger partial charge in [0.25, 0.3) is 0 Å². The van der Waals surface area contributed by atoms with E-state index in [1.807, 2.05) is 13.0 Å². The van der Waals surface area contributed by atoms with Crippen LogP contribution < -0.4 is 0 Å². The van der Waals surface area contributed by atoms with E-state index in [2.05, 4.69) is 0 Å². The fraction of sp³-hybridized carbons (Fsp3) is 0.733. The Morgan fingerprint density at radius 3 is 2.14 bits per heavy atom. The lowest BCUT2D eigenvalue weighted by Gasteiger charge is -2.27. The standard InChI is InChI=1S/C15H20O6/c1-9-2-3-12(14(16)20-7-10-5-18-10)13(4-9)15(17)21-8-11-6-19-11/h2,10-13H,3-8H2,1H3. The van der Waals surface area contributed by atoms with Gasteiger partial charge >= 0.3 is 11.9 Å². The molecule has 1 aliphatic carbocycles. The Kier molecular flexibility index (Phi) is 4.26. The van der Waals surface area contributed by atoms with Crippen molar-refractivity contribution in [3.8, 4) is 0 Å². The number of rotatable bonds is 6. The van der Waals surface area contributed by atoms with Crippen LogP contribution in [0.5, 0.6) is 0 Å². The number of hydrogen-bond acceptors (Lipinski definition) is 6. The topological polar surface area (TPSA) is 77.7 Å². The molecule has 2 heterocycles. The summed E-state index contributed by atoms with van der Waals surface area (Å²) in [4.78, 5) is 24.4. The van der Waals surface area contributed by atoms with Gasteiger partial charge in [-0.25, -0.2) is 0 Å². The van der Waals surface area contributed by atoms with Gasteiger partial charge in [0.05, 0.1) is 25.0 Å². The molecule has 0 aromatic heterocycles. The van der Waals surface area contributed by atoms with Crippen LogP contribution in [-0.2, 0) is 28.5 Å². The normalized spacial score (nSPS) is 33.9. The van der Waals surface area contributed by atoms with Crippen molar-refractivity contribution in [1.29, 1.82) is 0 Å². The summed E-state index contributed by atoms with van der Waals surface area (Å²) in [6.07, 6.45) is 3.13. The molecule has 3 rings (SSSR count). The summed E-state index contributed by atoms with van der Waals surface area (Å²) >= 11 is 0. The molecular weight excluding hydrogens is 276 g/mol. The first-order chi connectivity index (χ1) is 10.1. The summed E-state index contributed by atoms with van der Waals surface area (Å²) in [5.74, 6) is -1.58. The number of epoxide rings is 2. The molecule has 2 fully saturated rings. The van der Waals surface area contributed by atoms with E-state index in [-0.39, 0.29) is 37.4 Å². The van der Waals surface area contributed by atoms with Crippen LogP contribution in [0.4, 0.5) is 0 Å². The van der Waals surface area contributed by atoms with Crippen LogP contribution in [0.15, 0.2) is 11.6 Å². The van der Waals surface area contributed by atoms with Crippen LogP contribution in [-0.4, -0.2) is 50.6 Å². The minimum absolute atomic E-state index is 0.0339. The van der Waals surface area contributed by atoms with Gasteiger partial charge in [-0.1, -0.05) is 11.6 Å². The quantitative estimate of drug-likeness (QED) is 0.411. The third kappa shape index (κ3) is 4.04. The largest absolute Gasteiger partial charge is 0.463 e. The predicted molar refractivity (Wildman–Crippen MR) is 71.4 cm³/mol. The first kappa shape index (κ1) is 14.5. The molecule has 0 aromatic carbocycles. The van der Waals surface area contributed by atoms with Crippen molar-refractivity contribution in [1.82, 2.24) is 0 Å². The number of carbonyl (C=O) groups is 2. The number of ether oxygens (including phenoxy) is 4. The zero-order valence-electron chi connectivity index (χ0n) is 12.1. The van der Waals surface area contributed by atoms with Crippen LogP contribution in [0.3, 0.4) is 0 Å². The van der Waals surface area contributed by atoms with E-state index < -0.39 is 11.8 Å². The van der Waals surface area contributed by atoms with Crippen LogP contribution in [0.25, 0.3) is 0 Å². The molecule has 0 saturated carbocycles. The van der Waals surface area contributed by atoms with Crippen molar-refractivity contribution in [3.63, 3.8) is 0 Å². The molecule has 4 atom stereocenters. The van der Waals surface area contributed by atoms with Crippen molar-refractivity contribution >= 4 is 11.9 Å². The Morgan fingerprint density at radius 1 is 1.10 bits per heavy atom. The highest BCUT2D eigenvalue weighted by atomic mass is 16.6. The molecule has 2 saturated heterocycles. The lowest BCUT2D eigenvalue weighted by atomic mass is 9.80. The van der Waals surface area contributed by atoms with Gasteiger partial charge in [-0.2, -0.15) is 0 Å². The predicted octanol–water partition coefficient (Wildman–Crippen LogP) is 0.843. The van der Waals surface area contributed by atoms with Gasteiger partial charge < -0.3 is 18.9 Å². The summed E-state index contributed by atoms with van der Waals surface area (Å²) < 4.78 is 20.5. The maximum Gasteiger partial charge on any atom is 0.310 e. The highest BCUT2D eigenvalue weighted by Crippen LogP contribution is 2.32. The van der Waals surface area contributed by atoms with Gasteiger partial charge in [0.2, 0.25) is 0 Å². The monoisotopic (exact) mass is 296 g/mol. The fourth-order valence-electron chi connectivity index (χ4n) is 2.47. The van der Waals surface area contributed by atoms with Gasteiger partial charge in [0, 0.05) is 0 Å². The van der Waals surface area contributed by atoms with Crippen molar-refractivity contribution in [2.24, 2.45) is 11.8 Å². The molecule has 116 valence electrons. The molecule has 6 nitrogen and oxygen atoms in total. The van der Waals surface area contributed by atoms with Crippen LogP contribution in [0.2, 0.25) is 0 Å². The average molecular weight is 296 g/mol. The second-order valence-electron chi connectivity index (χ2n) is 5.87. The molecule has 2 aliphatic heterocycles. The van der Waals surface area contributed by atoms with Crippen LogP contribution in [0.1, 0.15) is 19.8 Å². The summed E-state index contributed by atoms with van der Waals surface area (Å²) in [5.41, 5.74) is 1.11. The second kappa shape index (κ2) is 6.15. The summed E-state index contributed by atoms with van der Waals surface area (Å²) in [7, 11) is 0. The average Bonchev–Trinajstić information content (AvgIpc) is 3.36. The van der Waals surface area contributed by atoms with Gasteiger partial charge in [-0.3, -0.25) is 9.59 Å². The van der Waals surface area contributed by atoms with Gasteiger partial charge in [-0.15, -0.1) is 0 Å². The van der Waals surface area contributed by atoms with Crippen molar-refractivity contribution in [3.05, 3.63) is 11.6 Å². The summed E-state index contributed by atoms with van der Waals surface area (Å²) in [6.45, 7) is 3.79. The van der Waals surface area contributed by atoms with E-state index in [4.69, 9.17) is 18.9 Å². The van der Waals surface area contributed by atoms with Crippen molar-refractivity contribution < 1.29 is 28.5 Å². The minimum Gasteiger partial charge on any atom is -0.463 e. The van der Waals surface area contributed by atoms with Gasteiger partial charge in [0.1, 0.15) is 25.4 Å². The number of allylic oxidation sites excluding steroid dienone is 2. The Balaban J connectivity index is 1.57. The van der Waals surface area contributed by atoms with Crippen LogP contribution in [0, 0.1) is 11.8 Å². The zero-order valence-corrected chi connectivity index (χ0v) is 12.1. The van der Waals surface area contributed by atoms with E-state index in [0.29, 0.717) is 26.1 Å². The third-order valence-electron chi connectivity index (χ3n) is 3.98. The van der Waals surface area contributed by atoms with E-state index >= 15 is 0 Å². The van der Waals surface area contributed by atoms with Crippen molar-refractivity contribution in [2.45, 2.75) is 32.0 Å². The highest BCUT2D eigenvalue weighted by Gasteiger charge is 2.39. The molecule has 0 amide bonds. The highest BCUT2D eigenvalue weighted by molar-refractivity contribution is 5.83. The number of esters is 2. The lowest BCUT2D eigenvalue weighted by Crippen LogP contribution is -2.35.